The molecule has 1 atom stereocenters. The smallest absolute Gasteiger partial charge is 0.390 e. The first-order chi connectivity index (χ1) is 19.9. The summed E-state index contributed by atoms with van der Waals surface area (Å²) in [6.07, 6.45) is -0.264. The Morgan fingerprint density at radius 1 is 1.12 bits per heavy atom. The first-order valence-corrected chi connectivity index (χ1v) is 16.2. The van der Waals surface area contributed by atoms with E-state index in [1.165, 1.54) is 12.1 Å². The van der Waals surface area contributed by atoms with Gasteiger partial charge >= 0.3 is 6.18 Å². The van der Waals surface area contributed by atoms with E-state index in [0.717, 1.165) is 80.8 Å². The third kappa shape index (κ3) is 7.34. The quantitative estimate of drug-likeness (QED) is 0.410. The zero-order chi connectivity index (χ0) is 30.1. The third-order valence-corrected chi connectivity index (χ3v) is 10.1. The number of nitrogens with zero attached hydrogens (tertiary/aromatic N) is 4. The van der Waals surface area contributed by atoms with Crippen molar-refractivity contribution in [1.29, 1.82) is 0 Å². The molecule has 4 heterocycles. The van der Waals surface area contributed by atoms with E-state index in [-0.39, 0.29) is 16.6 Å². The van der Waals surface area contributed by atoms with Crippen molar-refractivity contribution in [2.24, 2.45) is 11.3 Å². The number of aliphatic hydroxyl groups excluding tert-OH is 1. The van der Waals surface area contributed by atoms with E-state index in [0.29, 0.717) is 55.3 Å². The highest BCUT2D eigenvalue weighted by Crippen LogP contribution is 2.40. The van der Waals surface area contributed by atoms with E-state index in [1.807, 2.05) is 4.68 Å². The number of hydrogen-bond donors (Lipinski definition) is 2. The molecule has 1 unspecified atom stereocenters. The number of halogens is 3. The predicted octanol–water partition coefficient (Wildman–Crippen LogP) is 5.05. The highest BCUT2D eigenvalue weighted by Gasteiger charge is 2.35. The average molecular weight is 608 g/mol. The Hall–Kier alpha value is -2.08. The molecule has 3 aliphatic rings. The molecule has 0 radical (unpaired) electrons. The molecule has 232 valence electrons. The van der Waals surface area contributed by atoms with Gasteiger partial charge in [-0.15, -0.1) is 11.8 Å². The van der Waals surface area contributed by atoms with E-state index in [1.54, 1.807) is 4.90 Å². The number of likely N-dealkylation sites (tertiary alicyclic amines) is 2. The van der Waals surface area contributed by atoms with Crippen LogP contribution in [-0.4, -0.2) is 81.7 Å². The summed E-state index contributed by atoms with van der Waals surface area (Å²) in [5, 5.41) is 19.3. The number of piperidine rings is 1. The van der Waals surface area contributed by atoms with Gasteiger partial charge in [-0.1, -0.05) is 26.8 Å². The molecule has 11 heteroatoms. The lowest BCUT2D eigenvalue weighted by molar-refractivity contribution is -0.139. The maximum absolute atomic E-state index is 13.9. The topological polar surface area (TPSA) is 73.6 Å². The summed E-state index contributed by atoms with van der Waals surface area (Å²) >= 11 is 0.947. The molecule has 2 N–H and O–H groups in total. The molecule has 42 heavy (non-hydrogen) atoms. The highest BCUT2D eigenvalue weighted by molar-refractivity contribution is 8.00. The molecule has 7 nitrogen and oxygen atoms in total. The zero-order valence-corrected chi connectivity index (χ0v) is 25.8. The fourth-order valence-corrected chi connectivity index (χ4v) is 7.57. The molecule has 0 bridgehead atoms. The van der Waals surface area contributed by atoms with Crippen molar-refractivity contribution in [2.45, 2.75) is 83.1 Å². The Morgan fingerprint density at radius 2 is 1.83 bits per heavy atom. The Labute approximate surface area is 251 Å². The van der Waals surface area contributed by atoms with Crippen LogP contribution in [0.15, 0.2) is 23.1 Å². The van der Waals surface area contributed by atoms with Crippen molar-refractivity contribution >= 4 is 17.7 Å². The lowest BCUT2D eigenvalue weighted by Gasteiger charge is -2.39. The van der Waals surface area contributed by atoms with Crippen LogP contribution >= 0.6 is 11.8 Å². The number of rotatable bonds is 8. The van der Waals surface area contributed by atoms with Crippen molar-refractivity contribution < 1.29 is 23.1 Å². The number of hydrogen-bond acceptors (Lipinski definition) is 6. The molecule has 0 aliphatic carbocycles. The number of thioether (sulfide) groups is 1. The molecular weight excluding hydrogens is 563 g/mol. The number of aliphatic hydroxyl groups is 1. The number of β-amino-alcohol motifs (C(OH)–C–C–N with tert-alkyl or cyclic N) is 1. The van der Waals surface area contributed by atoms with Crippen LogP contribution in [0, 0.1) is 11.3 Å². The first kappa shape index (κ1) is 31.3. The number of fused-ring (bicyclic) bond motifs is 1. The number of benzene rings is 1. The summed E-state index contributed by atoms with van der Waals surface area (Å²) in [6.45, 7) is 12.4. The van der Waals surface area contributed by atoms with Gasteiger partial charge in [-0.2, -0.15) is 18.3 Å². The van der Waals surface area contributed by atoms with E-state index in [2.05, 4.69) is 31.0 Å². The summed E-state index contributed by atoms with van der Waals surface area (Å²) in [5.74, 6) is 0.530. The average Bonchev–Trinajstić information content (AvgIpc) is 3.60. The van der Waals surface area contributed by atoms with Gasteiger partial charge in [0.15, 0.2) is 0 Å². The Morgan fingerprint density at radius 3 is 2.50 bits per heavy atom. The van der Waals surface area contributed by atoms with E-state index >= 15 is 0 Å². The molecule has 1 amide bonds. The van der Waals surface area contributed by atoms with Crippen LogP contribution in [0.25, 0.3) is 11.3 Å². The summed E-state index contributed by atoms with van der Waals surface area (Å²) in [4.78, 5) is 16.7. The second-order valence-electron chi connectivity index (χ2n) is 13.1. The van der Waals surface area contributed by atoms with E-state index in [9.17, 15) is 23.1 Å². The van der Waals surface area contributed by atoms with E-state index < -0.39 is 17.8 Å². The minimum Gasteiger partial charge on any atom is -0.390 e. The van der Waals surface area contributed by atoms with Gasteiger partial charge in [0.2, 0.25) is 5.91 Å². The maximum Gasteiger partial charge on any atom is 0.417 e. The van der Waals surface area contributed by atoms with Crippen LogP contribution in [0.5, 0.6) is 0 Å². The van der Waals surface area contributed by atoms with Gasteiger partial charge in [-0.25, -0.2) is 0 Å². The number of nitrogens with one attached hydrogen (secondary N) is 1. The van der Waals surface area contributed by atoms with Gasteiger partial charge in [0, 0.05) is 60.9 Å². The second-order valence-corrected chi connectivity index (χ2v) is 14.1. The fourth-order valence-electron chi connectivity index (χ4n) is 6.56. The van der Waals surface area contributed by atoms with Crippen LogP contribution in [0.4, 0.5) is 13.2 Å². The third-order valence-electron chi connectivity index (χ3n) is 9.04. The molecule has 3 aliphatic heterocycles. The maximum atomic E-state index is 13.9. The summed E-state index contributed by atoms with van der Waals surface area (Å²) in [7, 11) is 0. The lowest BCUT2D eigenvalue weighted by atomic mass is 9.75. The van der Waals surface area contributed by atoms with Crippen LogP contribution < -0.4 is 5.32 Å². The van der Waals surface area contributed by atoms with Crippen LogP contribution in [0.3, 0.4) is 0 Å². The molecule has 5 rings (SSSR count). The van der Waals surface area contributed by atoms with Crippen LogP contribution in [0.2, 0.25) is 0 Å². The van der Waals surface area contributed by atoms with Gasteiger partial charge in [0.25, 0.3) is 0 Å². The van der Waals surface area contributed by atoms with Crippen molar-refractivity contribution in [3.8, 4) is 11.3 Å². The number of amides is 1. The fraction of sp³-hybridized carbons (Fsp3) is 0.677. The normalized spacial score (nSPS) is 19.7. The summed E-state index contributed by atoms with van der Waals surface area (Å²) in [6, 6.07) is 4.12. The summed E-state index contributed by atoms with van der Waals surface area (Å²) < 4.78 is 43.7. The second kappa shape index (κ2) is 12.9. The van der Waals surface area contributed by atoms with Crippen molar-refractivity contribution in [3.63, 3.8) is 0 Å². The first-order valence-electron chi connectivity index (χ1n) is 15.2. The van der Waals surface area contributed by atoms with Gasteiger partial charge in [0.1, 0.15) is 0 Å². The van der Waals surface area contributed by atoms with Crippen molar-refractivity contribution in [3.05, 3.63) is 35.0 Å². The number of alkyl halides is 3. The standard InChI is InChI=1S/C31H44F3N5O2S/c1-30(2,3)22-9-14-37(15-10-22)18-23(40)19-39-26-8-11-35-17-24(26)29(36-39)21-6-7-25(31(32,33)34)27(16-21)42-20-28(41)38-12-4-5-13-38/h6-7,16,22-23,35,40H,4-5,8-15,17-20H2,1-3H3. The number of aromatic nitrogens is 2. The Balaban J connectivity index is 1.33. The van der Waals surface area contributed by atoms with Gasteiger partial charge < -0.3 is 20.2 Å². The molecule has 2 saturated heterocycles. The van der Waals surface area contributed by atoms with Gasteiger partial charge in [0.05, 0.1) is 29.7 Å². The lowest BCUT2D eigenvalue weighted by Crippen LogP contribution is -2.42. The van der Waals surface area contributed by atoms with Crippen molar-refractivity contribution in [2.75, 3.05) is 45.0 Å². The van der Waals surface area contributed by atoms with Crippen molar-refractivity contribution in [1.82, 2.24) is 24.9 Å². The molecule has 0 saturated carbocycles. The highest BCUT2D eigenvalue weighted by atomic mass is 32.2. The molecular formula is C31H44F3N5O2S. The minimum absolute atomic E-state index is 0.0279. The molecule has 2 aromatic rings. The largest absolute Gasteiger partial charge is 0.417 e. The number of carbonyl (C=O) groups excluding carboxylic acids is 1. The van der Waals surface area contributed by atoms with Crippen LogP contribution in [-0.2, 0) is 30.5 Å². The Bertz CT molecular complexity index is 1240. The molecule has 1 aromatic carbocycles. The minimum atomic E-state index is -4.52. The van der Waals surface area contributed by atoms with Crippen LogP contribution in [0.1, 0.15) is 63.3 Å². The SMILES string of the molecule is CC(C)(C)C1CCN(CC(O)Cn2nc(-c3ccc(C(F)(F)F)c(SCC(=O)N4CCCC4)c3)c3c2CCNC3)CC1. The predicted molar refractivity (Wildman–Crippen MR) is 159 cm³/mol. The Kier molecular flexibility index (Phi) is 9.61. The monoisotopic (exact) mass is 607 g/mol. The summed E-state index contributed by atoms with van der Waals surface area (Å²) in [5.41, 5.74) is 2.77. The molecule has 2 fully saturated rings. The zero-order valence-electron chi connectivity index (χ0n) is 25.0. The van der Waals surface area contributed by atoms with Gasteiger partial charge in [-0.05, 0) is 62.2 Å². The molecule has 1 aromatic heterocycles. The molecule has 0 spiro atoms. The van der Waals surface area contributed by atoms with E-state index in [4.69, 9.17) is 5.10 Å². The number of carbonyl (C=O) groups is 1. The van der Waals surface area contributed by atoms with Gasteiger partial charge in [-0.3, -0.25) is 9.48 Å².